The van der Waals surface area contributed by atoms with Crippen molar-refractivity contribution < 1.29 is 0 Å². The molecule has 3 N–H and O–H groups in total. The van der Waals surface area contributed by atoms with Crippen molar-refractivity contribution in [2.75, 3.05) is 23.3 Å². The molecule has 1 aromatic carbocycles. The average molecular weight is 297 g/mol. The van der Waals surface area contributed by atoms with Gasteiger partial charge in [0.15, 0.2) is 0 Å². The van der Waals surface area contributed by atoms with Crippen LogP contribution in [0.3, 0.4) is 0 Å². The molecule has 1 saturated heterocycles. The van der Waals surface area contributed by atoms with Gasteiger partial charge >= 0.3 is 0 Å². The van der Waals surface area contributed by atoms with Gasteiger partial charge in [-0.05, 0) is 30.9 Å². The number of rotatable bonds is 5. The quantitative estimate of drug-likeness (QED) is 0.887. The second-order valence-electron chi connectivity index (χ2n) is 5.76. The molecule has 1 aliphatic rings. The molecule has 0 atom stereocenters. The third-order valence-electron chi connectivity index (χ3n) is 3.96. The van der Waals surface area contributed by atoms with Gasteiger partial charge in [-0.25, -0.2) is 4.98 Å². The SMILES string of the molecule is Cc1cc(NCc2ccc(CN)cc2)nc(N2CCCC2)n1. The molecular weight excluding hydrogens is 274 g/mol. The molecule has 116 valence electrons. The summed E-state index contributed by atoms with van der Waals surface area (Å²) in [7, 11) is 0. The first-order valence-corrected chi connectivity index (χ1v) is 7.87. The number of nitrogens with one attached hydrogen (secondary N) is 1. The Labute approximate surface area is 131 Å². The van der Waals surface area contributed by atoms with Crippen LogP contribution in [0.2, 0.25) is 0 Å². The number of aryl methyl sites for hydroxylation is 1. The van der Waals surface area contributed by atoms with E-state index in [1.54, 1.807) is 0 Å². The largest absolute Gasteiger partial charge is 0.366 e. The van der Waals surface area contributed by atoms with E-state index in [9.17, 15) is 0 Å². The molecule has 1 aromatic heterocycles. The highest BCUT2D eigenvalue weighted by molar-refractivity contribution is 5.44. The van der Waals surface area contributed by atoms with E-state index in [1.165, 1.54) is 18.4 Å². The van der Waals surface area contributed by atoms with Crippen LogP contribution in [-0.2, 0) is 13.1 Å². The Balaban J connectivity index is 1.68. The first-order valence-electron chi connectivity index (χ1n) is 7.87. The third kappa shape index (κ3) is 3.54. The van der Waals surface area contributed by atoms with Crippen molar-refractivity contribution in [2.24, 2.45) is 5.73 Å². The van der Waals surface area contributed by atoms with Crippen LogP contribution in [0.25, 0.3) is 0 Å². The number of hydrogen-bond acceptors (Lipinski definition) is 5. The summed E-state index contributed by atoms with van der Waals surface area (Å²) in [6, 6.07) is 10.3. The van der Waals surface area contributed by atoms with Gasteiger partial charge in [0.1, 0.15) is 5.82 Å². The minimum atomic E-state index is 0.581. The van der Waals surface area contributed by atoms with Crippen molar-refractivity contribution in [1.29, 1.82) is 0 Å². The number of nitrogens with two attached hydrogens (primary N) is 1. The Morgan fingerprint density at radius 2 is 1.77 bits per heavy atom. The van der Waals surface area contributed by atoms with Gasteiger partial charge in [-0.15, -0.1) is 0 Å². The maximum absolute atomic E-state index is 5.62. The standard InChI is InChI=1S/C17H23N5/c1-13-10-16(21-17(20-13)22-8-2-3-9-22)19-12-15-6-4-14(11-18)5-7-15/h4-7,10H,2-3,8-9,11-12,18H2,1H3,(H,19,20,21). The molecule has 5 heteroatoms. The van der Waals surface area contributed by atoms with E-state index in [4.69, 9.17) is 5.73 Å². The van der Waals surface area contributed by atoms with Crippen molar-refractivity contribution in [3.05, 3.63) is 47.2 Å². The molecule has 0 aliphatic carbocycles. The van der Waals surface area contributed by atoms with E-state index in [-0.39, 0.29) is 0 Å². The fourth-order valence-corrected chi connectivity index (χ4v) is 2.69. The van der Waals surface area contributed by atoms with Gasteiger partial charge in [0, 0.05) is 37.9 Å². The highest BCUT2D eigenvalue weighted by Gasteiger charge is 2.15. The van der Waals surface area contributed by atoms with Gasteiger partial charge in [-0.3, -0.25) is 0 Å². The van der Waals surface area contributed by atoms with Gasteiger partial charge < -0.3 is 16.0 Å². The van der Waals surface area contributed by atoms with E-state index < -0.39 is 0 Å². The zero-order valence-electron chi connectivity index (χ0n) is 13.0. The van der Waals surface area contributed by atoms with Crippen molar-refractivity contribution >= 4 is 11.8 Å². The summed E-state index contributed by atoms with van der Waals surface area (Å²) < 4.78 is 0. The molecule has 1 fully saturated rings. The second-order valence-corrected chi connectivity index (χ2v) is 5.76. The molecule has 1 aliphatic heterocycles. The van der Waals surface area contributed by atoms with Crippen LogP contribution in [0.15, 0.2) is 30.3 Å². The molecule has 0 amide bonds. The summed E-state index contributed by atoms with van der Waals surface area (Å²) in [5.41, 5.74) is 8.99. The smallest absolute Gasteiger partial charge is 0.227 e. The van der Waals surface area contributed by atoms with E-state index >= 15 is 0 Å². The van der Waals surface area contributed by atoms with Crippen LogP contribution in [0, 0.1) is 6.92 Å². The Kier molecular flexibility index (Phi) is 4.53. The number of benzene rings is 1. The van der Waals surface area contributed by atoms with Gasteiger partial charge in [0.25, 0.3) is 0 Å². The summed E-state index contributed by atoms with van der Waals surface area (Å²) in [6.07, 6.45) is 2.46. The predicted molar refractivity (Wildman–Crippen MR) is 89.9 cm³/mol. The Hall–Kier alpha value is -2.14. The van der Waals surface area contributed by atoms with Crippen molar-refractivity contribution in [2.45, 2.75) is 32.9 Å². The molecule has 5 nitrogen and oxygen atoms in total. The Morgan fingerprint density at radius 3 is 2.45 bits per heavy atom. The monoisotopic (exact) mass is 297 g/mol. The van der Waals surface area contributed by atoms with Gasteiger partial charge in [-0.1, -0.05) is 24.3 Å². The fraction of sp³-hybridized carbons (Fsp3) is 0.412. The van der Waals surface area contributed by atoms with Crippen LogP contribution >= 0.6 is 0 Å². The molecule has 22 heavy (non-hydrogen) atoms. The van der Waals surface area contributed by atoms with E-state index in [1.807, 2.05) is 13.0 Å². The molecular formula is C17H23N5. The van der Waals surface area contributed by atoms with Crippen LogP contribution in [-0.4, -0.2) is 23.1 Å². The van der Waals surface area contributed by atoms with Crippen LogP contribution in [0.5, 0.6) is 0 Å². The molecule has 0 unspecified atom stereocenters. The molecule has 2 aromatic rings. The normalized spacial score (nSPS) is 14.4. The number of anilines is 2. The molecule has 2 heterocycles. The van der Waals surface area contributed by atoms with Crippen LogP contribution in [0.4, 0.5) is 11.8 Å². The molecule has 0 saturated carbocycles. The maximum Gasteiger partial charge on any atom is 0.227 e. The van der Waals surface area contributed by atoms with E-state index in [0.29, 0.717) is 6.54 Å². The predicted octanol–water partition coefficient (Wildman–Crippen LogP) is 2.46. The molecule has 0 bridgehead atoms. The van der Waals surface area contributed by atoms with Gasteiger partial charge in [0.2, 0.25) is 5.95 Å². The summed E-state index contributed by atoms with van der Waals surface area (Å²) >= 11 is 0. The molecule has 3 rings (SSSR count). The molecule has 0 spiro atoms. The number of nitrogens with zero attached hydrogens (tertiary/aromatic N) is 3. The Morgan fingerprint density at radius 1 is 1.09 bits per heavy atom. The highest BCUT2D eigenvalue weighted by atomic mass is 15.3. The average Bonchev–Trinajstić information content (AvgIpc) is 3.07. The minimum absolute atomic E-state index is 0.581. The summed E-state index contributed by atoms with van der Waals surface area (Å²) in [4.78, 5) is 11.5. The van der Waals surface area contributed by atoms with Gasteiger partial charge in [-0.2, -0.15) is 4.98 Å². The topological polar surface area (TPSA) is 67.1 Å². The van der Waals surface area contributed by atoms with E-state index in [0.717, 1.165) is 42.7 Å². The van der Waals surface area contributed by atoms with Gasteiger partial charge in [0.05, 0.1) is 0 Å². The lowest BCUT2D eigenvalue weighted by Crippen LogP contribution is -2.21. The van der Waals surface area contributed by atoms with Crippen molar-refractivity contribution in [1.82, 2.24) is 9.97 Å². The van der Waals surface area contributed by atoms with E-state index in [2.05, 4.69) is 44.5 Å². The van der Waals surface area contributed by atoms with Crippen LogP contribution < -0.4 is 16.0 Å². The highest BCUT2D eigenvalue weighted by Crippen LogP contribution is 2.19. The lowest BCUT2D eigenvalue weighted by molar-refractivity contribution is 0.887. The fourth-order valence-electron chi connectivity index (χ4n) is 2.69. The maximum atomic E-state index is 5.62. The van der Waals surface area contributed by atoms with Crippen LogP contribution in [0.1, 0.15) is 29.7 Å². The number of aromatic nitrogens is 2. The summed E-state index contributed by atoms with van der Waals surface area (Å²) in [6.45, 7) is 5.47. The lowest BCUT2D eigenvalue weighted by Gasteiger charge is -2.17. The summed E-state index contributed by atoms with van der Waals surface area (Å²) in [5, 5.41) is 3.39. The van der Waals surface area contributed by atoms with Crippen molar-refractivity contribution in [3.63, 3.8) is 0 Å². The Bertz CT molecular complexity index is 617. The van der Waals surface area contributed by atoms with Crippen molar-refractivity contribution in [3.8, 4) is 0 Å². The second kappa shape index (κ2) is 6.75. The molecule has 0 radical (unpaired) electrons. The third-order valence-corrected chi connectivity index (χ3v) is 3.96. The zero-order chi connectivity index (χ0) is 15.4. The number of hydrogen-bond donors (Lipinski definition) is 2. The first-order chi connectivity index (χ1) is 10.7. The first kappa shape index (κ1) is 14.8. The lowest BCUT2D eigenvalue weighted by atomic mass is 10.1. The zero-order valence-corrected chi connectivity index (χ0v) is 13.0. The summed E-state index contributed by atoms with van der Waals surface area (Å²) in [5.74, 6) is 1.73. The minimum Gasteiger partial charge on any atom is -0.366 e.